The van der Waals surface area contributed by atoms with Gasteiger partial charge in [-0.05, 0) is 44.9 Å². The van der Waals surface area contributed by atoms with Gasteiger partial charge in [0.05, 0.1) is 17.0 Å². The van der Waals surface area contributed by atoms with E-state index in [1.807, 2.05) is 6.07 Å². The number of fused-ring (bicyclic) bond motifs is 1. The Hall–Kier alpha value is -3.22. The summed E-state index contributed by atoms with van der Waals surface area (Å²) in [6.07, 6.45) is -0.786. The summed E-state index contributed by atoms with van der Waals surface area (Å²) in [6.45, 7) is 6.38. The highest BCUT2D eigenvalue weighted by Gasteiger charge is 2.56. The Labute approximate surface area is 169 Å². The first-order valence-corrected chi connectivity index (χ1v) is 9.39. The smallest absolute Gasteiger partial charge is 0.421 e. The van der Waals surface area contributed by atoms with E-state index in [4.69, 9.17) is 4.74 Å². The Balaban J connectivity index is 2.15. The molecule has 0 radical (unpaired) electrons. The first-order chi connectivity index (χ1) is 13.6. The molecule has 0 unspecified atom stereocenters. The lowest BCUT2D eigenvalue weighted by Crippen LogP contribution is -2.47. The number of hydrogen-bond donors (Lipinski definition) is 0. The average Bonchev–Trinajstić information content (AvgIpc) is 2.87. The van der Waals surface area contributed by atoms with E-state index in [1.54, 1.807) is 76.2 Å². The SMILES string of the molecule is CC(C)(C)OC(=O)N1C(=O)[C@](C)([C@@H](C[N+](=O)[O-])c2ccccc2)c2ccccc21. The summed E-state index contributed by atoms with van der Waals surface area (Å²) >= 11 is 0. The summed E-state index contributed by atoms with van der Waals surface area (Å²) < 4.78 is 5.44. The number of amides is 2. The van der Waals surface area contributed by atoms with Crippen LogP contribution in [0.1, 0.15) is 44.7 Å². The summed E-state index contributed by atoms with van der Waals surface area (Å²) in [5.74, 6) is -1.27. The van der Waals surface area contributed by atoms with Crippen molar-refractivity contribution < 1.29 is 19.2 Å². The van der Waals surface area contributed by atoms with Gasteiger partial charge in [0.2, 0.25) is 12.5 Å². The third kappa shape index (κ3) is 3.72. The van der Waals surface area contributed by atoms with Gasteiger partial charge in [-0.25, -0.2) is 9.69 Å². The normalized spacial score (nSPS) is 19.6. The van der Waals surface area contributed by atoms with Crippen molar-refractivity contribution in [3.63, 3.8) is 0 Å². The molecule has 0 saturated carbocycles. The number of carbonyl (C=O) groups excluding carboxylic acids is 2. The van der Waals surface area contributed by atoms with Crippen molar-refractivity contribution in [2.24, 2.45) is 0 Å². The predicted molar refractivity (Wildman–Crippen MR) is 109 cm³/mol. The molecule has 0 aromatic heterocycles. The Morgan fingerprint density at radius 1 is 1.14 bits per heavy atom. The summed E-state index contributed by atoms with van der Waals surface area (Å²) in [6, 6.07) is 15.8. The lowest BCUT2D eigenvalue weighted by molar-refractivity contribution is -0.484. The number of imide groups is 1. The van der Waals surface area contributed by atoms with E-state index in [0.717, 1.165) is 4.90 Å². The maximum atomic E-state index is 13.6. The minimum absolute atomic E-state index is 0.401. The van der Waals surface area contributed by atoms with Gasteiger partial charge in [-0.2, -0.15) is 0 Å². The van der Waals surface area contributed by atoms with Crippen molar-refractivity contribution in [1.82, 2.24) is 0 Å². The zero-order valence-corrected chi connectivity index (χ0v) is 16.9. The number of nitro groups is 1. The molecule has 1 heterocycles. The van der Waals surface area contributed by atoms with Gasteiger partial charge in [0.25, 0.3) is 0 Å². The molecule has 0 spiro atoms. The number of ether oxygens (including phenoxy) is 1. The number of nitrogens with zero attached hydrogens (tertiary/aromatic N) is 2. The molecule has 0 fully saturated rings. The van der Waals surface area contributed by atoms with Crippen molar-refractivity contribution in [2.75, 3.05) is 11.4 Å². The second-order valence-corrected chi connectivity index (χ2v) is 8.32. The van der Waals surface area contributed by atoms with Gasteiger partial charge in [-0.1, -0.05) is 48.5 Å². The van der Waals surface area contributed by atoms with Gasteiger partial charge in [0, 0.05) is 4.92 Å². The third-order valence-corrected chi connectivity index (χ3v) is 5.16. The van der Waals surface area contributed by atoms with Crippen LogP contribution < -0.4 is 4.90 Å². The highest BCUT2D eigenvalue weighted by Crippen LogP contribution is 2.50. The van der Waals surface area contributed by atoms with Crippen LogP contribution in [0, 0.1) is 10.1 Å². The van der Waals surface area contributed by atoms with Crippen LogP contribution >= 0.6 is 0 Å². The molecule has 2 aromatic rings. The molecule has 152 valence electrons. The minimum Gasteiger partial charge on any atom is -0.443 e. The quantitative estimate of drug-likeness (QED) is 0.568. The summed E-state index contributed by atoms with van der Waals surface area (Å²) in [5, 5.41) is 11.5. The van der Waals surface area contributed by atoms with Crippen LogP contribution in [0.2, 0.25) is 0 Å². The Morgan fingerprint density at radius 2 is 1.72 bits per heavy atom. The third-order valence-electron chi connectivity index (χ3n) is 5.16. The Bertz CT molecular complexity index is 951. The molecule has 0 N–H and O–H groups in total. The van der Waals surface area contributed by atoms with Crippen LogP contribution in [0.3, 0.4) is 0 Å². The van der Waals surface area contributed by atoms with E-state index in [1.165, 1.54) is 0 Å². The van der Waals surface area contributed by atoms with Crippen molar-refractivity contribution in [3.05, 3.63) is 75.8 Å². The van der Waals surface area contributed by atoms with Crippen molar-refractivity contribution in [2.45, 2.75) is 44.6 Å². The fourth-order valence-corrected chi connectivity index (χ4v) is 3.85. The number of hydrogen-bond acceptors (Lipinski definition) is 5. The summed E-state index contributed by atoms with van der Waals surface area (Å²) in [5.41, 5.74) is -0.432. The molecule has 2 aromatic carbocycles. The number of para-hydroxylation sites is 1. The van der Waals surface area contributed by atoms with Crippen molar-refractivity contribution in [3.8, 4) is 0 Å². The second-order valence-electron chi connectivity index (χ2n) is 8.32. The number of carbonyl (C=O) groups is 2. The van der Waals surface area contributed by atoms with Crippen LogP contribution in [0.15, 0.2) is 54.6 Å². The zero-order valence-electron chi connectivity index (χ0n) is 16.9. The number of benzene rings is 2. The van der Waals surface area contributed by atoms with E-state index in [2.05, 4.69) is 0 Å². The topological polar surface area (TPSA) is 89.8 Å². The van der Waals surface area contributed by atoms with Crippen molar-refractivity contribution >= 4 is 17.7 Å². The van der Waals surface area contributed by atoms with Gasteiger partial charge in [0.15, 0.2) is 0 Å². The summed E-state index contributed by atoms with van der Waals surface area (Å²) in [4.78, 5) is 38.5. The van der Waals surface area contributed by atoms with Gasteiger partial charge < -0.3 is 4.74 Å². The molecule has 0 bridgehead atoms. The van der Waals surface area contributed by atoms with Crippen LogP contribution in [0.25, 0.3) is 0 Å². The van der Waals surface area contributed by atoms with E-state index < -0.39 is 40.4 Å². The molecular formula is C22H24N2O5. The monoisotopic (exact) mass is 396 g/mol. The lowest BCUT2D eigenvalue weighted by Gasteiger charge is -2.31. The Morgan fingerprint density at radius 3 is 2.31 bits per heavy atom. The fraction of sp³-hybridized carbons (Fsp3) is 0.364. The Kier molecular flexibility index (Phi) is 5.17. The number of anilines is 1. The molecule has 1 aliphatic heterocycles. The lowest BCUT2D eigenvalue weighted by atomic mass is 9.69. The highest BCUT2D eigenvalue weighted by atomic mass is 16.6. The summed E-state index contributed by atoms with van der Waals surface area (Å²) in [7, 11) is 0. The molecule has 2 amide bonds. The van der Waals surface area contributed by atoms with E-state index >= 15 is 0 Å². The van der Waals surface area contributed by atoms with E-state index in [0.29, 0.717) is 16.8 Å². The van der Waals surface area contributed by atoms with E-state index in [9.17, 15) is 19.7 Å². The maximum Gasteiger partial charge on any atom is 0.421 e. The molecule has 0 saturated heterocycles. The first-order valence-electron chi connectivity index (χ1n) is 9.39. The maximum absolute atomic E-state index is 13.6. The second kappa shape index (κ2) is 7.31. The minimum atomic E-state index is -1.29. The molecule has 7 heteroatoms. The van der Waals surface area contributed by atoms with Gasteiger partial charge in [-0.15, -0.1) is 0 Å². The van der Waals surface area contributed by atoms with Crippen LogP contribution in [-0.4, -0.2) is 29.1 Å². The van der Waals surface area contributed by atoms with Crippen LogP contribution in [-0.2, 0) is 14.9 Å². The molecule has 7 nitrogen and oxygen atoms in total. The molecular weight excluding hydrogens is 372 g/mol. The molecule has 0 aliphatic carbocycles. The van der Waals surface area contributed by atoms with E-state index in [-0.39, 0.29) is 0 Å². The van der Waals surface area contributed by atoms with Gasteiger partial charge >= 0.3 is 6.09 Å². The van der Waals surface area contributed by atoms with Crippen LogP contribution in [0.4, 0.5) is 10.5 Å². The van der Waals surface area contributed by atoms with Gasteiger partial charge in [0.1, 0.15) is 5.60 Å². The predicted octanol–water partition coefficient (Wildman–Crippen LogP) is 4.29. The van der Waals surface area contributed by atoms with Crippen molar-refractivity contribution in [1.29, 1.82) is 0 Å². The van der Waals surface area contributed by atoms with Gasteiger partial charge in [-0.3, -0.25) is 14.9 Å². The zero-order chi connectivity index (χ0) is 21.4. The molecule has 1 aliphatic rings. The largest absolute Gasteiger partial charge is 0.443 e. The number of rotatable bonds is 4. The average molecular weight is 396 g/mol. The molecule has 2 atom stereocenters. The fourth-order valence-electron chi connectivity index (χ4n) is 3.85. The highest BCUT2D eigenvalue weighted by molar-refractivity contribution is 6.21. The standard InChI is InChI=1S/C22H24N2O5/c1-21(2,3)29-20(26)24-18-13-9-8-12-16(18)22(4,19(24)25)17(14-23(27)28)15-10-6-5-7-11-15/h5-13,17H,14H2,1-4H3/t17-,22-/m0/s1. The first kappa shape index (κ1) is 20.5. The molecule has 29 heavy (non-hydrogen) atoms. The van der Waals surface area contributed by atoms with Crippen LogP contribution in [0.5, 0.6) is 0 Å². The molecule has 3 rings (SSSR count).